The summed E-state index contributed by atoms with van der Waals surface area (Å²) < 4.78 is 0. The van der Waals surface area contributed by atoms with Crippen LogP contribution in [0.2, 0.25) is 5.02 Å². The Hall–Kier alpha value is -2.46. The van der Waals surface area contributed by atoms with Crippen molar-refractivity contribution in [3.8, 4) is 10.6 Å². The molecule has 0 saturated heterocycles. The molecule has 0 aliphatic heterocycles. The van der Waals surface area contributed by atoms with Gasteiger partial charge in [-0.3, -0.25) is 0 Å². The highest BCUT2D eigenvalue weighted by molar-refractivity contribution is 7.14. The lowest BCUT2D eigenvalue weighted by atomic mass is 10.1. The molecule has 2 N–H and O–H groups in total. The van der Waals surface area contributed by atoms with Crippen LogP contribution in [0, 0.1) is 13.5 Å². The maximum atomic E-state index is 10.3. The van der Waals surface area contributed by atoms with E-state index in [1.54, 1.807) is 19.1 Å². The van der Waals surface area contributed by atoms with Crippen molar-refractivity contribution in [1.82, 2.24) is 10.2 Å². The van der Waals surface area contributed by atoms with Crippen LogP contribution in [0.25, 0.3) is 15.4 Å². The van der Waals surface area contributed by atoms with Gasteiger partial charge in [0.2, 0.25) is 5.69 Å². The Labute approximate surface area is 161 Å². The molecule has 7 heteroatoms. The SMILES string of the molecule is [C-]#[N+]c1ccc(N[C@@H](c2nnc(-c3ccccc3)s2)[C@@H](C)O)c(C)c1Cl. The Morgan fingerprint density at radius 3 is 2.58 bits per heavy atom. The van der Waals surface area contributed by atoms with Crippen molar-refractivity contribution >= 4 is 34.3 Å². The summed E-state index contributed by atoms with van der Waals surface area (Å²) in [5.41, 5.74) is 2.91. The number of hydrogen-bond acceptors (Lipinski definition) is 5. The first-order valence-corrected chi connectivity index (χ1v) is 9.20. The van der Waals surface area contributed by atoms with Gasteiger partial charge in [-0.05, 0) is 25.5 Å². The second-order valence-electron chi connectivity index (χ2n) is 5.86. The molecule has 132 valence electrons. The summed E-state index contributed by atoms with van der Waals surface area (Å²) >= 11 is 7.68. The molecule has 0 aliphatic rings. The van der Waals surface area contributed by atoms with Gasteiger partial charge in [0.25, 0.3) is 0 Å². The zero-order chi connectivity index (χ0) is 18.7. The fraction of sp³-hybridized carbons (Fsp3) is 0.211. The number of anilines is 1. The number of aliphatic hydroxyl groups is 1. The molecule has 0 bridgehead atoms. The standard InChI is InChI=1S/C19H17ClN4OS/c1-11-14(9-10-15(21-3)16(11)20)22-17(12(2)25)19-24-23-18(26-19)13-7-5-4-6-8-13/h4-10,12,17,22,25H,1-2H3/t12-,17-/m1/s1. The molecule has 0 unspecified atom stereocenters. The van der Waals surface area contributed by atoms with Gasteiger partial charge in [-0.15, -0.1) is 10.2 Å². The van der Waals surface area contributed by atoms with Crippen molar-refractivity contribution in [3.63, 3.8) is 0 Å². The molecule has 2 atom stereocenters. The van der Waals surface area contributed by atoms with Crippen molar-refractivity contribution in [2.24, 2.45) is 0 Å². The molecular weight excluding hydrogens is 368 g/mol. The Bertz CT molecular complexity index is 950. The van der Waals surface area contributed by atoms with E-state index < -0.39 is 12.1 Å². The minimum absolute atomic E-state index is 0.408. The number of nitrogens with one attached hydrogen (secondary N) is 1. The predicted octanol–water partition coefficient (Wildman–Crippen LogP) is 5.25. The van der Waals surface area contributed by atoms with Crippen LogP contribution in [0.1, 0.15) is 23.5 Å². The van der Waals surface area contributed by atoms with Crippen LogP contribution in [0.4, 0.5) is 11.4 Å². The molecule has 0 radical (unpaired) electrons. The first-order chi connectivity index (χ1) is 12.5. The highest BCUT2D eigenvalue weighted by Crippen LogP contribution is 2.36. The second-order valence-corrected chi connectivity index (χ2v) is 7.24. The van der Waals surface area contributed by atoms with E-state index in [0.717, 1.165) is 21.8 Å². The van der Waals surface area contributed by atoms with E-state index in [2.05, 4.69) is 20.4 Å². The average molecular weight is 385 g/mol. The number of halogens is 1. The van der Waals surface area contributed by atoms with Gasteiger partial charge in [0.1, 0.15) is 16.1 Å². The smallest absolute Gasteiger partial charge is 0.205 e. The molecular formula is C19H17ClN4OS. The first kappa shape index (κ1) is 18.3. The topological polar surface area (TPSA) is 62.4 Å². The number of aliphatic hydroxyl groups excluding tert-OH is 1. The molecule has 5 nitrogen and oxygen atoms in total. The summed E-state index contributed by atoms with van der Waals surface area (Å²) in [5.74, 6) is 0. The quantitative estimate of drug-likeness (QED) is 0.589. The minimum Gasteiger partial charge on any atom is -0.391 e. The largest absolute Gasteiger partial charge is 0.391 e. The summed E-state index contributed by atoms with van der Waals surface area (Å²) in [6.45, 7) is 10.7. The Balaban J connectivity index is 1.91. The summed E-state index contributed by atoms with van der Waals surface area (Å²) in [6.07, 6.45) is -0.690. The van der Waals surface area contributed by atoms with Gasteiger partial charge < -0.3 is 10.4 Å². The molecule has 0 saturated carbocycles. The molecule has 1 aromatic heterocycles. The fourth-order valence-electron chi connectivity index (χ4n) is 2.53. The third-order valence-electron chi connectivity index (χ3n) is 4.01. The van der Waals surface area contributed by atoms with Gasteiger partial charge in [0.15, 0.2) is 0 Å². The lowest BCUT2D eigenvalue weighted by molar-refractivity contribution is 0.172. The van der Waals surface area contributed by atoms with Crippen LogP contribution in [-0.2, 0) is 0 Å². The van der Waals surface area contributed by atoms with Crippen LogP contribution in [-0.4, -0.2) is 21.4 Å². The van der Waals surface area contributed by atoms with Crippen molar-refractivity contribution in [2.45, 2.75) is 26.0 Å². The van der Waals surface area contributed by atoms with Gasteiger partial charge in [-0.2, -0.15) is 0 Å². The molecule has 0 fully saturated rings. The summed E-state index contributed by atoms with van der Waals surface area (Å²) in [4.78, 5) is 3.40. The van der Waals surface area contributed by atoms with Crippen LogP contribution < -0.4 is 5.32 Å². The highest BCUT2D eigenvalue weighted by atomic mass is 35.5. The zero-order valence-electron chi connectivity index (χ0n) is 14.3. The summed E-state index contributed by atoms with van der Waals surface area (Å²) in [5, 5.41) is 24.0. The molecule has 2 aromatic carbocycles. The van der Waals surface area contributed by atoms with Crippen molar-refractivity contribution in [2.75, 3.05) is 5.32 Å². The maximum Gasteiger partial charge on any atom is 0.205 e. The minimum atomic E-state index is -0.690. The van der Waals surface area contributed by atoms with E-state index in [4.69, 9.17) is 18.2 Å². The number of aromatic nitrogens is 2. The van der Waals surface area contributed by atoms with Crippen LogP contribution in [0.3, 0.4) is 0 Å². The van der Waals surface area contributed by atoms with Crippen molar-refractivity contribution in [3.05, 3.63) is 69.5 Å². The van der Waals surface area contributed by atoms with Gasteiger partial charge in [0, 0.05) is 11.3 Å². The number of benzene rings is 2. The number of nitrogens with zero attached hydrogens (tertiary/aromatic N) is 3. The number of rotatable bonds is 5. The Morgan fingerprint density at radius 2 is 1.92 bits per heavy atom. The molecule has 3 rings (SSSR count). The third kappa shape index (κ3) is 3.70. The molecule has 0 aliphatic carbocycles. The van der Waals surface area contributed by atoms with Gasteiger partial charge in [0.05, 0.1) is 17.7 Å². The van der Waals surface area contributed by atoms with Crippen LogP contribution in [0.15, 0.2) is 42.5 Å². The van der Waals surface area contributed by atoms with E-state index in [9.17, 15) is 5.11 Å². The fourth-order valence-corrected chi connectivity index (χ4v) is 3.73. The third-order valence-corrected chi connectivity index (χ3v) is 5.54. The van der Waals surface area contributed by atoms with E-state index >= 15 is 0 Å². The van der Waals surface area contributed by atoms with Gasteiger partial charge in [-0.25, -0.2) is 4.85 Å². The van der Waals surface area contributed by atoms with Crippen LogP contribution >= 0.6 is 22.9 Å². The Morgan fingerprint density at radius 1 is 1.19 bits per heavy atom. The van der Waals surface area contributed by atoms with Crippen molar-refractivity contribution in [1.29, 1.82) is 0 Å². The van der Waals surface area contributed by atoms with E-state index in [-0.39, 0.29) is 0 Å². The van der Waals surface area contributed by atoms with Crippen molar-refractivity contribution < 1.29 is 5.11 Å². The molecule has 0 spiro atoms. The average Bonchev–Trinajstić information content (AvgIpc) is 3.13. The maximum absolute atomic E-state index is 10.3. The van der Waals surface area contributed by atoms with Crippen LogP contribution in [0.5, 0.6) is 0 Å². The first-order valence-electron chi connectivity index (χ1n) is 8.01. The molecule has 1 heterocycles. The zero-order valence-corrected chi connectivity index (χ0v) is 15.8. The monoisotopic (exact) mass is 384 g/mol. The van der Waals surface area contributed by atoms with E-state index in [1.807, 2.05) is 37.3 Å². The van der Waals surface area contributed by atoms with E-state index in [1.165, 1.54) is 11.3 Å². The van der Waals surface area contributed by atoms with Gasteiger partial charge >= 0.3 is 0 Å². The predicted molar refractivity (Wildman–Crippen MR) is 106 cm³/mol. The molecule has 26 heavy (non-hydrogen) atoms. The van der Waals surface area contributed by atoms with Gasteiger partial charge in [-0.1, -0.05) is 59.3 Å². The van der Waals surface area contributed by atoms with E-state index in [0.29, 0.717) is 15.7 Å². The highest BCUT2D eigenvalue weighted by Gasteiger charge is 2.23. The summed E-state index contributed by atoms with van der Waals surface area (Å²) in [6, 6.07) is 12.8. The lowest BCUT2D eigenvalue weighted by Crippen LogP contribution is -2.23. The number of hydrogen-bond donors (Lipinski definition) is 2. The lowest BCUT2D eigenvalue weighted by Gasteiger charge is -2.22. The second kappa shape index (κ2) is 7.83. The molecule has 0 amide bonds. The normalized spacial score (nSPS) is 13.0. The summed E-state index contributed by atoms with van der Waals surface area (Å²) in [7, 11) is 0. The Kier molecular flexibility index (Phi) is 5.52. The molecule has 3 aromatic rings.